The summed E-state index contributed by atoms with van der Waals surface area (Å²) >= 11 is 0. The summed E-state index contributed by atoms with van der Waals surface area (Å²) in [6.45, 7) is 6.98. The van der Waals surface area contributed by atoms with E-state index in [1.54, 1.807) is 7.11 Å². The highest BCUT2D eigenvalue weighted by Crippen LogP contribution is 2.22. The molecule has 0 aliphatic carbocycles. The van der Waals surface area contributed by atoms with Gasteiger partial charge in [-0.05, 0) is 26.3 Å². The summed E-state index contributed by atoms with van der Waals surface area (Å²) in [6, 6.07) is 0. The topological polar surface area (TPSA) is 24.5 Å². The zero-order valence-corrected chi connectivity index (χ0v) is 9.06. The van der Waals surface area contributed by atoms with E-state index in [0.29, 0.717) is 6.61 Å². The van der Waals surface area contributed by atoms with Gasteiger partial charge in [0.15, 0.2) is 0 Å². The number of nitrogens with zero attached hydrogens (tertiary/aromatic N) is 1. The van der Waals surface area contributed by atoms with E-state index >= 15 is 0 Å². The molecule has 1 aliphatic rings. The minimum atomic E-state index is 0.676. The van der Waals surface area contributed by atoms with Crippen LogP contribution in [0, 0.1) is 0 Å². The number of ether oxygens (including phenoxy) is 1. The van der Waals surface area contributed by atoms with Gasteiger partial charge in [0, 0.05) is 31.1 Å². The number of methoxy groups -OCH3 is 1. The lowest BCUT2D eigenvalue weighted by molar-refractivity contribution is 0.220. The van der Waals surface area contributed by atoms with Crippen LogP contribution in [0.2, 0.25) is 0 Å². The predicted molar refractivity (Wildman–Crippen MR) is 53.8 cm³/mol. The first-order valence-electron chi connectivity index (χ1n) is 4.44. The van der Waals surface area contributed by atoms with Crippen LogP contribution in [-0.4, -0.2) is 25.8 Å². The Kier molecular flexibility index (Phi) is 2.98. The van der Waals surface area contributed by atoms with Crippen molar-refractivity contribution in [2.45, 2.75) is 20.8 Å². The van der Waals surface area contributed by atoms with Crippen molar-refractivity contribution in [2.75, 3.05) is 20.8 Å². The molecule has 0 aromatic heterocycles. The molecule has 1 heterocycles. The van der Waals surface area contributed by atoms with Gasteiger partial charge in [0.1, 0.15) is 0 Å². The summed E-state index contributed by atoms with van der Waals surface area (Å²) in [5, 5.41) is 2.03. The largest absolute Gasteiger partial charge is 0.380 e. The molecular formula is C10H18N2O. The maximum absolute atomic E-state index is 5.16. The molecule has 0 unspecified atom stereocenters. The van der Waals surface area contributed by atoms with E-state index in [0.717, 1.165) is 0 Å². The normalized spacial score (nSPS) is 18.1. The van der Waals surface area contributed by atoms with Crippen molar-refractivity contribution in [1.82, 2.24) is 10.4 Å². The zero-order chi connectivity index (χ0) is 10.0. The van der Waals surface area contributed by atoms with E-state index in [9.17, 15) is 0 Å². The van der Waals surface area contributed by atoms with Crippen LogP contribution in [0.15, 0.2) is 22.5 Å². The Labute approximate surface area is 80.0 Å². The first kappa shape index (κ1) is 10.1. The molecule has 74 valence electrons. The van der Waals surface area contributed by atoms with Gasteiger partial charge in [-0.15, -0.1) is 0 Å². The van der Waals surface area contributed by atoms with E-state index < -0.39 is 0 Å². The Balaban J connectivity index is 2.98. The van der Waals surface area contributed by atoms with Crippen molar-refractivity contribution in [3.8, 4) is 0 Å². The summed E-state index contributed by atoms with van der Waals surface area (Å²) in [4.78, 5) is 0. The van der Waals surface area contributed by atoms with E-state index in [1.807, 2.05) is 12.1 Å². The van der Waals surface area contributed by atoms with E-state index in [-0.39, 0.29) is 0 Å². The number of hydrogen-bond acceptors (Lipinski definition) is 3. The molecule has 3 heteroatoms. The second-order valence-corrected chi connectivity index (χ2v) is 3.42. The van der Waals surface area contributed by atoms with E-state index in [2.05, 4.69) is 26.2 Å². The van der Waals surface area contributed by atoms with Crippen molar-refractivity contribution in [1.29, 1.82) is 0 Å². The van der Waals surface area contributed by atoms with Crippen LogP contribution in [0.4, 0.5) is 0 Å². The zero-order valence-electron chi connectivity index (χ0n) is 9.06. The van der Waals surface area contributed by atoms with Crippen LogP contribution in [-0.2, 0) is 4.74 Å². The lowest BCUT2D eigenvalue weighted by Crippen LogP contribution is -2.36. The lowest BCUT2D eigenvalue weighted by atomic mass is 10.0. The number of allylic oxidation sites excluding steroid dienone is 2. The highest BCUT2D eigenvalue weighted by Gasteiger charge is 2.16. The summed E-state index contributed by atoms with van der Waals surface area (Å²) in [5.41, 5.74) is 8.26. The molecule has 0 bridgehead atoms. The molecule has 1 N–H and O–H groups in total. The molecular weight excluding hydrogens is 164 g/mol. The molecule has 0 aromatic carbocycles. The van der Waals surface area contributed by atoms with Crippen LogP contribution in [0.5, 0.6) is 0 Å². The molecule has 3 nitrogen and oxygen atoms in total. The summed E-state index contributed by atoms with van der Waals surface area (Å²) in [7, 11) is 3.74. The molecule has 0 amide bonds. The van der Waals surface area contributed by atoms with Gasteiger partial charge in [-0.1, -0.05) is 0 Å². The average molecular weight is 182 g/mol. The fourth-order valence-corrected chi connectivity index (χ4v) is 1.51. The van der Waals surface area contributed by atoms with Crippen molar-refractivity contribution >= 4 is 0 Å². The third kappa shape index (κ3) is 1.86. The monoisotopic (exact) mass is 182 g/mol. The first-order valence-corrected chi connectivity index (χ1v) is 4.44. The highest BCUT2D eigenvalue weighted by atomic mass is 16.5. The SMILES string of the molecule is COCC1=C(C)NN(C)C(C)=C1C. The van der Waals surface area contributed by atoms with Crippen LogP contribution in [0.25, 0.3) is 0 Å². The third-order valence-electron chi connectivity index (χ3n) is 2.58. The smallest absolute Gasteiger partial charge is 0.0733 e. The average Bonchev–Trinajstić information content (AvgIpc) is 2.09. The van der Waals surface area contributed by atoms with Gasteiger partial charge in [0.2, 0.25) is 0 Å². The molecule has 1 rings (SSSR count). The Morgan fingerprint density at radius 1 is 1.31 bits per heavy atom. The molecule has 0 aromatic rings. The van der Waals surface area contributed by atoms with Gasteiger partial charge in [-0.3, -0.25) is 5.01 Å². The Morgan fingerprint density at radius 2 is 1.92 bits per heavy atom. The maximum atomic E-state index is 5.16. The van der Waals surface area contributed by atoms with Crippen molar-refractivity contribution in [3.63, 3.8) is 0 Å². The molecule has 0 radical (unpaired) electrons. The van der Waals surface area contributed by atoms with E-state index in [4.69, 9.17) is 4.74 Å². The fourth-order valence-electron chi connectivity index (χ4n) is 1.51. The third-order valence-corrected chi connectivity index (χ3v) is 2.58. The lowest BCUT2D eigenvalue weighted by Gasteiger charge is -2.31. The summed E-state index contributed by atoms with van der Waals surface area (Å²) < 4.78 is 5.16. The summed E-state index contributed by atoms with van der Waals surface area (Å²) in [5.74, 6) is 0. The van der Waals surface area contributed by atoms with Crippen LogP contribution in [0.1, 0.15) is 20.8 Å². The van der Waals surface area contributed by atoms with Crippen LogP contribution >= 0.6 is 0 Å². The summed E-state index contributed by atoms with van der Waals surface area (Å²) in [6.07, 6.45) is 0. The van der Waals surface area contributed by atoms with Crippen molar-refractivity contribution in [2.24, 2.45) is 0 Å². The van der Waals surface area contributed by atoms with Gasteiger partial charge in [0.25, 0.3) is 0 Å². The van der Waals surface area contributed by atoms with Gasteiger partial charge in [-0.25, -0.2) is 0 Å². The van der Waals surface area contributed by atoms with Crippen LogP contribution in [0.3, 0.4) is 0 Å². The van der Waals surface area contributed by atoms with Crippen LogP contribution < -0.4 is 5.43 Å². The standard InChI is InChI=1S/C10H18N2O/c1-7-9(3)12(4)11-8(2)10(7)6-13-5/h11H,6H2,1-5H3. The highest BCUT2D eigenvalue weighted by molar-refractivity contribution is 5.38. The fraction of sp³-hybridized carbons (Fsp3) is 0.600. The Morgan fingerprint density at radius 3 is 2.46 bits per heavy atom. The Bertz CT molecular complexity index is 266. The van der Waals surface area contributed by atoms with Gasteiger partial charge in [0.05, 0.1) is 6.61 Å². The van der Waals surface area contributed by atoms with Gasteiger partial charge >= 0.3 is 0 Å². The molecule has 0 saturated heterocycles. The second-order valence-electron chi connectivity index (χ2n) is 3.42. The maximum Gasteiger partial charge on any atom is 0.0733 e. The van der Waals surface area contributed by atoms with E-state index in [1.165, 1.54) is 22.5 Å². The quantitative estimate of drug-likeness (QED) is 0.702. The molecule has 0 saturated carbocycles. The van der Waals surface area contributed by atoms with Crippen molar-refractivity contribution in [3.05, 3.63) is 22.5 Å². The van der Waals surface area contributed by atoms with Crippen molar-refractivity contribution < 1.29 is 4.74 Å². The number of hydrogen-bond donors (Lipinski definition) is 1. The molecule has 0 fully saturated rings. The van der Waals surface area contributed by atoms with Gasteiger partial charge < -0.3 is 10.2 Å². The molecule has 13 heavy (non-hydrogen) atoms. The van der Waals surface area contributed by atoms with Gasteiger partial charge in [-0.2, -0.15) is 0 Å². The number of hydrazine groups is 1. The second kappa shape index (κ2) is 3.83. The predicted octanol–water partition coefficient (Wildman–Crippen LogP) is 1.65. The minimum Gasteiger partial charge on any atom is -0.380 e. The Hall–Kier alpha value is -0.960. The number of nitrogens with one attached hydrogen (secondary N) is 1. The molecule has 0 spiro atoms. The minimum absolute atomic E-state index is 0.676. The molecule has 0 atom stereocenters. The molecule has 1 aliphatic heterocycles. The number of rotatable bonds is 2. The first-order chi connectivity index (χ1) is 6.07.